The number of hydrogen-bond donors (Lipinski definition) is 0. The molecule has 1 aromatic carbocycles. The third-order valence-corrected chi connectivity index (χ3v) is 4.34. The van der Waals surface area contributed by atoms with Crippen LogP contribution in [0.5, 0.6) is 0 Å². The molecule has 8 heteroatoms. The highest BCUT2D eigenvalue weighted by Gasteiger charge is 2.36. The first-order chi connectivity index (χ1) is 11.9. The molecule has 0 aliphatic heterocycles. The minimum Gasteiger partial charge on any atom is -0.462 e. The second-order valence-electron chi connectivity index (χ2n) is 5.67. The van der Waals surface area contributed by atoms with Gasteiger partial charge in [-0.15, -0.1) is 0 Å². The van der Waals surface area contributed by atoms with E-state index in [1.807, 2.05) is 0 Å². The van der Waals surface area contributed by atoms with Crippen LogP contribution in [0.15, 0.2) is 16.9 Å². The molecular formula is C17H15ClFNO5. The Kier molecular flexibility index (Phi) is 4.51. The Balaban J connectivity index is 2.49. The molecule has 6 nitrogen and oxygen atoms in total. The number of rotatable bonds is 3. The van der Waals surface area contributed by atoms with Crippen LogP contribution in [-0.2, 0) is 9.47 Å². The van der Waals surface area contributed by atoms with Crippen LogP contribution in [0.25, 0.3) is 10.9 Å². The maximum Gasteiger partial charge on any atom is 0.418 e. The van der Waals surface area contributed by atoms with Gasteiger partial charge in [-0.3, -0.25) is 4.79 Å². The molecular weight excluding hydrogens is 353 g/mol. The van der Waals surface area contributed by atoms with Gasteiger partial charge in [0.15, 0.2) is 0 Å². The second kappa shape index (κ2) is 6.48. The van der Waals surface area contributed by atoms with E-state index in [0.717, 1.165) is 16.7 Å². The molecule has 0 radical (unpaired) electrons. The minimum atomic E-state index is -0.825. The molecule has 1 heterocycles. The smallest absolute Gasteiger partial charge is 0.418 e. The highest BCUT2D eigenvalue weighted by molar-refractivity contribution is 6.31. The zero-order valence-corrected chi connectivity index (χ0v) is 14.4. The fourth-order valence-electron chi connectivity index (χ4n) is 2.83. The quantitative estimate of drug-likeness (QED) is 0.776. The van der Waals surface area contributed by atoms with Gasteiger partial charge in [0.25, 0.3) is 0 Å². The van der Waals surface area contributed by atoms with Gasteiger partial charge in [-0.05, 0) is 25.8 Å². The van der Waals surface area contributed by atoms with Gasteiger partial charge in [0.05, 0.1) is 29.9 Å². The van der Waals surface area contributed by atoms with E-state index in [1.165, 1.54) is 7.11 Å². The molecule has 1 aliphatic rings. The Hall–Kier alpha value is -2.41. The lowest BCUT2D eigenvalue weighted by Gasteiger charge is -2.18. The Labute approximate surface area is 147 Å². The fraction of sp³-hybridized carbons (Fsp3) is 0.353. The van der Waals surface area contributed by atoms with Crippen molar-refractivity contribution in [3.63, 3.8) is 0 Å². The number of ether oxygens (including phenoxy) is 2. The lowest BCUT2D eigenvalue weighted by molar-refractivity contribution is 0.0523. The van der Waals surface area contributed by atoms with Crippen LogP contribution in [0.2, 0.25) is 5.02 Å². The summed E-state index contributed by atoms with van der Waals surface area (Å²) in [4.78, 5) is 37.6. The molecule has 1 fully saturated rings. The van der Waals surface area contributed by atoms with Gasteiger partial charge in [0.1, 0.15) is 11.4 Å². The Morgan fingerprint density at radius 1 is 1.36 bits per heavy atom. The molecule has 0 bridgehead atoms. The average molecular weight is 368 g/mol. The summed E-state index contributed by atoms with van der Waals surface area (Å²) in [6.07, 6.45) is 0.577. The number of nitrogens with zero attached hydrogens (tertiary/aromatic N) is 1. The topological polar surface area (TPSA) is 74.6 Å². The monoisotopic (exact) mass is 367 g/mol. The summed E-state index contributed by atoms with van der Waals surface area (Å²) < 4.78 is 24.8. The summed E-state index contributed by atoms with van der Waals surface area (Å²) in [7, 11) is 1.17. The number of aromatic nitrogens is 1. The first-order valence-corrected chi connectivity index (χ1v) is 8.11. The van der Waals surface area contributed by atoms with Gasteiger partial charge < -0.3 is 9.47 Å². The van der Waals surface area contributed by atoms with Gasteiger partial charge in [-0.2, -0.15) is 0 Å². The normalized spacial score (nSPS) is 13.8. The highest BCUT2D eigenvalue weighted by Crippen LogP contribution is 2.42. The Morgan fingerprint density at radius 3 is 2.60 bits per heavy atom. The number of fused-ring (bicyclic) bond motifs is 1. The number of benzene rings is 1. The van der Waals surface area contributed by atoms with Gasteiger partial charge in [-0.25, -0.2) is 18.5 Å². The maximum absolute atomic E-state index is 14.0. The molecule has 0 amide bonds. The van der Waals surface area contributed by atoms with Crippen molar-refractivity contribution in [3.05, 3.63) is 44.5 Å². The number of halogens is 2. The van der Waals surface area contributed by atoms with Crippen molar-refractivity contribution in [1.29, 1.82) is 0 Å². The third-order valence-electron chi connectivity index (χ3n) is 4.05. The Bertz CT molecular complexity index is 948. The molecule has 0 spiro atoms. The zero-order valence-electron chi connectivity index (χ0n) is 13.6. The first-order valence-electron chi connectivity index (χ1n) is 7.73. The predicted octanol–water partition coefficient (Wildman–Crippen LogP) is 3.46. The minimum absolute atomic E-state index is 0.00805. The molecule has 1 aromatic heterocycles. The van der Waals surface area contributed by atoms with Crippen LogP contribution < -0.4 is 5.43 Å². The van der Waals surface area contributed by atoms with Crippen LogP contribution in [0.3, 0.4) is 0 Å². The largest absolute Gasteiger partial charge is 0.462 e. The zero-order chi connectivity index (χ0) is 18.3. The highest BCUT2D eigenvalue weighted by atomic mass is 35.5. The summed E-state index contributed by atoms with van der Waals surface area (Å²) in [6.45, 7) is 1.68. The SMILES string of the molecule is CCOC(=O)c1c(C2CC2)n(C(=O)OC)c2cc(F)c(Cl)cc2c1=O. The van der Waals surface area contributed by atoms with E-state index in [4.69, 9.17) is 21.1 Å². The van der Waals surface area contributed by atoms with E-state index in [2.05, 4.69) is 0 Å². The molecule has 0 saturated heterocycles. The summed E-state index contributed by atoms with van der Waals surface area (Å²) >= 11 is 5.78. The predicted molar refractivity (Wildman–Crippen MR) is 88.9 cm³/mol. The van der Waals surface area contributed by atoms with E-state index in [9.17, 15) is 18.8 Å². The van der Waals surface area contributed by atoms with Crippen molar-refractivity contribution in [2.45, 2.75) is 25.7 Å². The lowest BCUT2D eigenvalue weighted by atomic mass is 10.0. The number of carbonyl (C=O) groups excluding carboxylic acids is 2. The number of methoxy groups -OCH3 is 1. The molecule has 2 aromatic rings. The summed E-state index contributed by atoms with van der Waals surface area (Å²) in [5.74, 6) is -1.78. The summed E-state index contributed by atoms with van der Waals surface area (Å²) in [6, 6.07) is 2.10. The number of esters is 1. The van der Waals surface area contributed by atoms with E-state index >= 15 is 0 Å². The summed E-state index contributed by atoms with van der Waals surface area (Å²) in [5, 5.41) is -0.334. The van der Waals surface area contributed by atoms with Crippen LogP contribution in [-0.4, -0.2) is 30.3 Å². The van der Waals surface area contributed by atoms with E-state index in [0.29, 0.717) is 12.8 Å². The summed E-state index contributed by atoms with van der Waals surface area (Å²) in [5.41, 5.74) is -0.666. The van der Waals surface area contributed by atoms with Crippen molar-refractivity contribution >= 4 is 34.6 Å². The number of pyridine rings is 1. The van der Waals surface area contributed by atoms with E-state index in [-0.39, 0.29) is 39.7 Å². The number of carbonyl (C=O) groups is 2. The average Bonchev–Trinajstić information content (AvgIpc) is 3.40. The van der Waals surface area contributed by atoms with Crippen molar-refractivity contribution < 1.29 is 23.5 Å². The van der Waals surface area contributed by atoms with Gasteiger partial charge in [0, 0.05) is 17.4 Å². The van der Waals surface area contributed by atoms with Gasteiger partial charge in [0.2, 0.25) is 5.43 Å². The number of hydrogen-bond acceptors (Lipinski definition) is 5. The molecule has 0 unspecified atom stereocenters. The molecule has 25 heavy (non-hydrogen) atoms. The van der Waals surface area contributed by atoms with Gasteiger partial charge >= 0.3 is 12.1 Å². The van der Waals surface area contributed by atoms with Crippen LogP contribution in [0, 0.1) is 5.82 Å². The molecule has 0 atom stereocenters. The van der Waals surface area contributed by atoms with Crippen molar-refractivity contribution in [2.75, 3.05) is 13.7 Å². The molecule has 3 rings (SSSR count). The first kappa shape index (κ1) is 17.4. The van der Waals surface area contributed by atoms with Crippen molar-refractivity contribution in [1.82, 2.24) is 4.57 Å². The van der Waals surface area contributed by atoms with Crippen LogP contribution in [0.4, 0.5) is 9.18 Å². The fourth-order valence-corrected chi connectivity index (χ4v) is 2.99. The standard InChI is InChI=1S/C17H15ClFNO5/c1-3-25-16(22)13-14(8-4-5-8)20(17(23)24-2)12-7-11(19)10(18)6-9(12)15(13)21/h6-8H,3-5H2,1-2H3. The molecule has 132 valence electrons. The molecule has 1 aliphatic carbocycles. The maximum atomic E-state index is 14.0. The lowest BCUT2D eigenvalue weighted by Crippen LogP contribution is -2.28. The van der Waals surface area contributed by atoms with Crippen molar-refractivity contribution in [3.8, 4) is 0 Å². The third kappa shape index (κ3) is 2.89. The Morgan fingerprint density at radius 2 is 2.04 bits per heavy atom. The van der Waals surface area contributed by atoms with Crippen molar-refractivity contribution in [2.24, 2.45) is 0 Å². The van der Waals surface area contributed by atoms with Gasteiger partial charge in [-0.1, -0.05) is 11.6 Å². The molecule has 0 N–H and O–H groups in total. The molecule has 1 saturated carbocycles. The van der Waals surface area contributed by atoms with Crippen LogP contribution in [0.1, 0.15) is 41.7 Å². The van der Waals surface area contributed by atoms with E-state index < -0.39 is 23.3 Å². The van der Waals surface area contributed by atoms with E-state index in [1.54, 1.807) is 6.92 Å². The second-order valence-corrected chi connectivity index (χ2v) is 6.08. The van der Waals surface area contributed by atoms with Crippen LogP contribution >= 0.6 is 11.6 Å².